The van der Waals surface area contributed by atoms with Gasteiger partial charge in [-0.05, 0) is 37.3 Å². The molecule has 0 spiro atoms. The Morgan fingerprint density at radius 3 is 2.89 bits per heavy atom. The van der Waals surface area contributed by atoms with Crippen LogP contribution < -0.4 is 15.8 Å². The Balaban J connectivity index is 1.78. The number of rotatable bonds is 5. The number of hydrogen-bond donors (Lipinski definition) is 2. The number of para-hydroxylation sites is 1. The van der Waals surface area contributed by atoms with E-state index in [1.54, 1.807) is 7.11 Å². The van der Waals surface area contributed by atoms with Crippen LogP contribution >= 0.6 is 0 Å². The average Bonchev–Trinajstić information content (AvgIpc) is 2.86. The van der Waals surface area contributed by atoms with Crippen molar-refractivity contribution in [3.8, 4) is 5.75 Å². The highest BCUT2D eigenvalue weighted by Crippen LogP contribution is 2.24. The molecule has 0 saturated heterocycles. The molecule has 3 N–H and O–H groups in total. The number of amides is 1. The Morgan fingerprint density at radius 1 is 1.42 bits per heavy atom. The molecule has 4 nitrogen and oxygen atoms in total. The summed E-state index contributed by atoms with van der Waals surface area (Å²) in [7, 11) is 1.66. The van der Waals surface area contributed by atoms with Crippen LogP contribution in [-0.4, -0.2) is 25.6 Å². The molecule has 0 heterocycles. The van der Waals surface area contributed by atoms with Gasteiger partial charge in [-0.25, -0.2) is 0 Å². The first kappa shape index (κ1) is 13.9. The van der Waals surface area contributed by atoms with Gasteiger partial charge < -0.3 is 15.8 Å². The van der Waals surface area contributed by atoms with Crippen LogP contribution in [0.15, 0.2) is 24.3 Å². The summed E-state index contributed by atoms with van der Waals surface area (Å²) >= 11 is 0. The van der Waals surface area contributed by atoms with Crippen LogP contribution in [-0.2, 0) is 11.2 Å². The molecule has 19 heavy (non-hydrogen) atoms. The van der Waals surface area contributed by atoms with E-state index in [0.29, 0.717) is 6.54 Å². The molecule has 1 aromatic carbocycles. The minimum Gasteiger partial charge on any atom is -0.496 e. The zero-order valence-electron chi connectivity index (χ0n) is 11.4. The molecule has 1 aliphatic carbocycles. The minimum absolute atomic E-state index is 0.104. The van der Waals surface area contributed by atoms with Gasteiger partial charge in [0.2, 0.25) is 5.91 Å². The molecule has 1 amide bonds. The van der Waals surface area contributed by atoms with Gasteiger partial charge in [0.1, 0.15) is 5.75 Å². The summed E-state index contributed by atoms with van der Waals surface area (Å²) in [4.78, 5) is 11.9. The zero-order valence-corrected chi connectivity index (χ0v) is 11.4. The van der Waals surface area contributed by atoms with Crippen LogP contribution in [0.25, 0.3) is 0 Å². The molecule has 0 aliphatic heterocycles. The van der Waals surface area contributed by atoms with Gasteiger partial charge >= 0.3 is 0 Å². The number of carbonyl (C=O) groups excluding carboxylic acids is 1. The monoisotopic (exact) mass is 262 g/mol. The molecule has 4 heteroatoms. The lowest BCUT2D eigenvalue weighted by Crippen LogP contribution is -2.32. The van der Waals surface area contributed by atoms with Crippen molar-refractivity contribution in [2.45, 2.75) is 31.7 Å². The van der Waals surface area contributed by atoms with Gasteiger partial charge in [0, 0.05) is 18.5 Å². The highest BCUT2D eigenvalue weighted by molar-refractivity contribution is 5.79. The van der Waals surface area contributed by atoms with Crippen molar-refractivity contribution in [1.29, 1.82) is 0 Å². The predicted octanol–water partition coefficient (Wildman–Crippen LogP) is 1.48. The van der Waals surface area contributed by atoms with Crippen molar-refractivity contribution in [2.75, 3.05) is 13.7 Å². The second-order valence-corrected chi connectivity index (χ2v) is 5.12. The summed E-state index contributed by atoms with van der Waals surface area (Å²) in [6.07, 6.45) is 3.49. The van der Waals surface area contributed by atoms with Gasteiger partial charge in [-0.3, -0.25) is 4.79 Å². The number of carbonyl (C=O) groups is 1. The predicted molar refractivity (Wildman–Crippen MR) is 75.0 cm³/mol. The number of methoxy groups -OCH3 is 1. The summed E-state index contributed by atoms with van der Waals surface area (Å²) in [6.45, 7) is 0.644. The maximum Gasteiger partial charge on any atom is 0.223 e. The van der Waals surface area contributed by atoms with Gasteiger partial charge in [-0.2, -0.15) is 0 Å². The van der Waals surface area contributed by atoms with E-state index in [2.05, 4.69) is 5.32 Å². The molecule has 1 fully saturated rings. The fourth-order valence-electron chi connectivity index (χ4n) is 2.63. The lowest BCUT2D eigenvalue weighted by molar-refractivity contribution is -0.124. The van der Waals surface area contributed by atoms with Gasteiger partial charge in [-0.15, -0.1) is 0 Å². The summed E-state index contributed by atoms with van der Waals surface area (Å²) in [5, 5.41) is 2.99. The summed E-state index contributed by atoms with van der Waals surface area (Å²) < 4.78 is 5.29. The number of hydrogen-bond acceptors (Lipinski definition) is 3. The molecule has 2 rings (SSSR count). The van der Waals surface area contributed by atoms with Crippen LogP contribution in [0.4, 0.5) is 0 Å². The Labute approximate surface area is 114 Å². The topological polar surface area (TPSA) is 64.3 Å². The lowest BCUT2D eigenvalue weighted by Gasteiger charge is -2.12. The van der Waals surface area contributed by atoms with Crippen LogP contribution in [0.2, 0.25) is 0 Å². The van der Waals surface area contributed by atoms with Crippen LogP contribution in [0, 0.1) is 5.92 Å². The normalized spacial score (nSPS) is 22.2. The minimum atomic E-state index is 0.104. The van der Waals surface area contributed by atoms with Gasteiger partial charge in [-0.1, -0.05) is 18.2 Å². The second kappa shape index (κ2) is 6.57. The molecular formula is C15H22N2O2. The maximum absolute atomic E-state index is 11.9. The lowest BCUT2D eigenvalue weighted by atomic mass is 10.1. The van der Waals surface area contributed by atoms with E-state index in [-0.39, 0.29) is 17.9 Å². The van der Waals surface area contributed by atoms with Crippen LogP contribution in [0.1, 0.15) is 24.8 Å². The van der Waals surface area contributed by atoms with Crippen molar-refractivity contribution >= 4 is 5.91 Å². The standard InChI is InChI=1S/C15H22N2O2/c1-19-14-5-3-2-4-11(14)8-9-17-15(18)12-6-7-13(16)10-12/h2-5,12-13H,6-10,16H2,1H3,(H,17,18). The van der Waals surface area contributed by atoms with Crippen molar-refractivity contribution in [2.24, 2.45) is 11.7 Å². The van der Waals surface area contributed by atoms with Gasteiger partial charge in [0.25, 0.3) is 0 Å². The van der Waals surface area contributed by atoms with E-state index in [1.165, 1.54) is 0 Å². The molecule has 104 valence electrons. The SMILES string of the molecule is COc1ccccc1CCNC(=O)C1CCC(N)C1. The third-order valence-corrected chi connectivity index (χ3v) is 3.73. The average molecular weight is 262 g/mol. The first-order chi connectivity index (χ1) is 9.20. The second-order valence-electron chi connectivity index (χ2n) is 5.12. The number of ether oxygens (including phenoxy) is 1. The van der Waals surface area contributed by atoms with Gasteiger partial charge in [0.15, 0.2) is 0 Å². The third-order valence-electron chi connectivity index (χ3n) is 3.73. The highest BCUT2D eigenvalue weighted by atomic mass is 16.5. The summed E-state index contributed by atoms with van der Waals surface area (Å²) in [6, 6.07) is 8.09. The Kier molecular flexibility index (Phi) is 4.80. The van der Waals surface area contributed by atoms with Crippen molar-refractivity contribution in [1.82, 2.24) is 5.32 Å². The van der Waals surface area contributed by atoms with Crippen molar-refractivity contribution in [3.05, 3.63) is 29.8 Å². The Hall–Kier alpha value is -1.55. The first-order valence-corrected chi connectivity index (χ1v) is 6.86. The first-order valence-electron chi connectivity index (χ1n) is 6.86. The zero-order chi connectivity index (χ0) is 13.7. The molecule has 1 saturated carbocycles. The molecule has 0 radical (unpaired) electrons. The van der Waals surface area contributed by atoms with Crippen molar-refractivity contribution in [3.63, 3.8) is 0 Å². The van der Waals surface area contributed by atoms with Crippen molar-refractivity contribution < 1.29 is 9.53 Å². The van der Waals surface area contributed by atoms with E-state index < -0.39 is 0 Å². The molecule has 1 aromatic rings. The van der Waals surface area contributed by atoms with E-state index in [4.69, 9.17) is 10.5 Å². The summed E-state index contributed by atoms with van der Waals surface area (Å²) in [5.74, 6) is 1.12. The molecule has 1 aliphatic rings. The number of nitrogens with one attached hydrogen (secondary N) is 1. The number of nitrogens with two attached hydrogens (primary N) is 1. The molecule has 0 bridgehead atoms. The Bertz CT molecular complexity index is 434. The summed E-state index contributed by atoms with van der Waals surface area (Å²) in [5.41, 5.74) is 6.94. The molecule has 2 atom stereocenters. The quantitative estimate of drug-likeness (QED) is 0.845. The molecule has 0 aromatic heterocycles. The Morgan fingerprint density at radius 2 is 2.21 bits per heavy atom. The highest BCUT2D eigenvalue weighted by Gasteiger charge is 2.27. The molecular weight excluding hydrogens is 240 g/mol. The van der Waals surface area contributed by atoms with E-state index in [9.17, 15) is 4.79 Å². The van der Waals surface area contributed by atoms with Gasteiger partial charge in [0.05, 0.1) is 7.11 Å². The van der Waals surface area contributed by atoms with Crippen LogP contribution in [0.5, 0.6) is 5.75 Å². The largest absolute Gasteiger partial charge is 0.496 e. The fourth-order valence-corrected chi connectivity index (χ4v) is 2.63. The van der Waals surface area contributed by atoms with Crippen LogP contribution in [0.3, 0.4) is 0 Å². The van der Waals surface area contributed by atoms with E-state index >= 15 is 0 Å². The molecule has 2 unspecified atom stereocenters. The smallest absolute Gasteiger partial charge is 0.223 e. The fraction of sp³-hybridized carbons (Fsp3) is 0.533. The van der Waals surface area contributed by atoms with E-state index in [1.807, 2.05) is 24.3 Å². The number of benzene rings is 1. The van der Waals surface area contributed by atoms with E-state index in [0.717, 1.165) is 37.0 Å². The third kappa shape index (κ3) is 3.70. The maximum atomic E-state index is 11.9.